The van der Waals surface area contributed by atoms with Crippen LogP contribution in [0.5, 0.6) is 0 Å². The van der Waals surface area contributed by atoms with Gasteiger partial charge in [0.1, 0.15) is 0 Å². The fourth-order valence-corrected chi connectivity index (χ4v) is 5.90. The maximum Gasteiger partial charge on any atom is 0.425 e. The monoisotopic (exact) mass is 499 g/mol. The summed E-state index contributed by atoms with van der Waals surface area (Å²) in [7, 11) is 0. The molecule has 0 saturated carbocycles. The molecule has 9 heteroatoms. The maximum atomic E-state index is 15.1. The first-order chi connectivity index (χ1) is 16.3. The van der Waals surface area contributed by atoms with Crippen LogP contribution in [0.4, 0.5) is 24.0 Å². The molecule has 5 nitrogen and oxygen atoms in total. The highest BCUT2D eigenvalue weighted by atomic mass is 32.1. The van der Waals surface area contributed by atoms with Gasteiger partial charge in [0.25, 0.3) is 5.91 Å². The summed E-state index contributed by atoms with van der Waals surface area (Å²) in [6, 6.07) is 12.0. The maximum absolute atomic E-state index is 15.1. The number of nitrogens with one attached hydrogen (secondary N) is 1. The summed E-state index contributed by atoms with van der Waals surface area (Å²) < 4.78 is 45.8. The topological polar surface area (TPSA) is 62.3 Å². The number of anilines is 2. The van der Waals surface area contributed by atoms with Gasteiger partial charge in [0.2, 0.25) is 5.54 Å². The van der Waals surface area contributed by atoms with Crippen LogP contribution >= 0.6 is 11.3 Å². The Hall–Kier alpha value is -3.20. The fourth-order valence-electron chi connectivity index (χ4n) is 4.98. The number of carbonyl (C=O) groups excluding carboxylic acids is 2. The molecule has 1 atom stereocenters. The molecule has 1 aliphatic carbocycles. The molecule has 2 aliphatic rings. The first-order valence-electron chi connectivity index (χ1n) is 11.2. The van der Waals surface area contributed by atoms with Gasteiger partial charge < -0.3 is 5.32 Å². The van der Waals surface area contributed by atoms with Gasteiger partial charge in [0, 0.05) is 17.8 Å². The van der Waals surface area contributed by atoms with Crippen molar-refractivity contribution in [1.82, 2.24) is 4.98 Å². The van der Waals surface area contributed by atoms with Crippen LogP contribution in [0, 0.1) is 19.3 Å². The molecule has 1 aromatic heterocycles. The van der Waals surface area contributed by atoms with E-state index in [0.717, 1.165) is 27.4 Å². The van der Waals surface area contributed by atoms with Gasteiger partial charge in [-0.25, -0.2) is 4.98 Å². The molecule has 2 heterocycles. The van der Waals surface area contributed by atoms with Crippen LogP contribution < -0.4 is 10.2 Å². The summed E-state index contributed by atoms with van der Waals surface area (Å²) in [5.74, 6) is -1.91. The van der Waals surface area contributed by atoms with E-state index in [-0.39, 0.29) is 23.7 Å². The quantitative estimate of drug-likeness (QED) is 0.458. The zero-order valence-electron chi connectivity index (χ0n) is 19.7. The molecule has 1 N–H and O–H groups in total. The zero-order valence-corrected chi connectivity index (χ0v) is 20.5. The number of hydrogen-bond donors (Lipinski definition) is 1. The van der Waals surface area contributed by atoms with Gasteiger partial charge in [-0.3, -0.25) is 14.5 Å². The molecule has 0 radical (unpaired) electrons. The van der Waals surface area contributed by atoms with Gasteiger partial charge in [0.15, 0.2) is 10.9 Å². The predicted octanol–water partition coefficient (Wildman–Crippen LogP) is 6.32. The van der Waals surface area contributed by atoms with E-state index in [2.05, 4.69) is 10.3 Å². The van der Waals surface area contributed by atoms with Crippen LogP contribution in [-0.4, -0.2) is 28.4 Å². The molecule has 0 saturated heterocycles. The lowest BCUT2D eigenvalue weighted by Gasteiger charge is -2.35. The summed E-state index contributed by atoms with van der Waals surface area (Å²) >= 11 is 1.02. The van der Waals surface area contributed by atoms with Crippen LogP contribution in [0.1, 0.15) is 37.8 Å². The van der Waals surface area contributed by atoms with Crippen molar-refractivity contribution in [3.8, 4) is 0 Å². The van der Waals surface area contributed by atoms with E-state index in [1.165, 1.54) is 0 Å². The van der Waals surface area contributed by atoms with E-state index in [4.69, 9.17) is 0 Å². The molecular weight excluding hydrogens is 475 g/mol. The Labute approximate surface area is 204 Å². The summed E-state index contributed by atoms with van der Waals surface area (Å²) in [5.41, 5.74) is -1.62. The molecule has 0 unspecified atom stereocenters. The Kier molecular flexibility index (Phi) is 5.14. The number of amides is 1. The Balaban J connectivity index is 1.75. The largest absolute Gasteiger partial charge is 0.425 e. The molecule has 2 aromatic carbocycles. The lowest BCUT2D eigenvalue weighted by atomic mass is 9.72. The molecule has 0 fully saturated rings. The first-order valence-corrected chi connectivity index (χ1v) is 12.0. The molecule has 5 rings (SSSR count). The van der Waals surface area contributed by atoms with Gasteiger partial charge in [0.05, 0.1) is 15.8 Å². The number of alkyl halides is 3. The third kappa shape index (κ3) is 3.55. The van der Waals surface area contributed by atoms with Crippen LogP contribution in [-0.2, 0) is 9.59 Å². The molecule has 1 amide bonds. The van der Waals surface area contributed by atoms with E-state index >= 15 is 13.2 Å². The van der Waals surface area contributed by atoms with E-state index in [0.29, 0.717) is 15.9 Å². The average Bonchev–Trinajstić information content (AvgIpc) is 3.26. The number of Topliss-reactive ketones (excluding diaryl/α,β-unsaturated/α-hetero) is 1. The van der Waals surface area contributed by atoms with Gasteiger partial charge in [-0.05, 0) is 61.1 Å². The Morgan fingerprint density at radius 2 is 1.74 bits per heavy atom. The van der Waals surface area contributed by atoms with Crippen LogP contribution in [0.15, 0.2) is 53.7 Å². The summed E-state index contributed by atoms with van der Waals surface area (Å²) in [5, 5.41) is 2.36. The fraction of sp³-hybridized carbons (Fsp3) is 0.346. The van der Waals surface area contributed by atoms with Crippen LogP contribution in [0.25, 0.3) is 10.2 Å². The van der Waals surface area contributed by atoms with E-state index in [1.54, 1.807) is 42.5 Å². The van der Waals surface area contributed by atoms with Crippen molar-refractivity contribution in [3.05, 3.63) is 64.9 Å². The van der Waals surface area contributed by atoms with Crippen LogP contribution in [0.2, 0.25) is 0 Å². The highest BCUT2D eigenvalue weighted by Gasteiger charge is 2.71. The van der Waals surface area contributed by atoms with Crippen molar-refractivity contribution in [2.24, 2.45) is 5.41 Å². The van der Waals surface area contributed by atoms with E-state index in [9.17, 15) is 9.59 Å². The Morgan fingerprint density at radius 1 is 1.03 bits per heavy atom. The molecule has 0 bridgehead atoms. The standard InChI is InChI=1S/C26H24F3N3O2S/c1-14-9-10-16(11-15(14)2)32-18-12-24(3,4)13-19(33)21(18)25(22(32)34,26(27,28)29)31-23-30-17-7-5-6-8-20(17)35-23/h5-11H,12-13H2,1-4H3,(H,30,31)/t25-/m1/s1. The minimum absolute atomic E-state index is 0.0664. The summed E-state index contributed by atoms with van der Waals surface area (Å²) in [6.07, 6.45) is -5.01. The third-order valence-corrected chi connectivity index (χ3v) is 7.74. The van der Waals surface area contributed by atoms with Crippen molar-refractivity contribution in [3.63, 3.8) is 0 Å². The number of nitrogens with zero attached hydrogens (tertiary/aromatic N) is 2. The Morgan fingerprint density at radius 3 is 2.40 bits per heavy atom. The van der Waals surface area contributed by atoms with Crippen molar-refractivity contribution < 1.29 is 22.8 Å². The minimum Gasteiger partial charge on any atom is -0.336 e. The number of thiazole rings is 1. The van der Waals surface area contributed by atoms with Crippen molar-refractivity contribution in [2.45, 2.75) is 52.3 Å². The van der Waals surface area contributed by atoms with Gasteiger partial charge in [-0.15, -0.1) is 0 Å². The summed E-state index contributed by atoms with van der Waals surface area (Å²) in [6.45, 7) is 7.37. The van der Waals surface area contributed by atoms with Gasteiger partial charge in [-0.1, -0.05) is 43.4 Å². The molecular formula is C26H24F3N3O2S. The average molecular weight is 500 g/mol. The smallest absolute Gasteiger partial charge is 0.336 e. The number of rotatable bonds is 3. The van der Waals surface area contributed by atoms with E-state index in [1.807, 2.05) is 27.7 Å². The number of allylic oxidation sites excluding steroid dienone is 1. The number of halogens is 3. The third-order valence-electron chi connectivity index (χ3n) is 6.78. The SMILES string of the molecule is Cc1ccc(N2C(=O)[C@@](Nc3nc4ccccc4s3)(C(F)(F)F)C3=C2CC(C)(C)CC3=O)cc1C. The number of aryl methyl sites for hydroxylation is 2. The predicted molar refractivity (Wildman–Crippen MR) is 130 cm³/mol. The normalized spacial score (nSPS) is 22.2. The number of carbonyl (C=O) groups is 2. The number of benzene rings is 2. The lowest BCUT2D eigenvalue weighted by Crippen LogP contribution is -2.61. The molecule has 3 aromatic rings. The number of ketones is 1. The van der Waals surface area contributed by atoms with E-state index < -0.39 is 34.4 Å². The molecule has 182 valence electrons. The van der Waals surface area contributed by atoms with Gasteiger partial charge >= 0.3 is 6.18 Å². The van der Waals surface area contributed by atoms with Crippen molar-refractivity contribution >= 4 is 44.1 Å². The number of para-hydroxylation sites is 1. The van der Waals surface area contributed by atoms with Gasteiger partial charge in [-0.2, -0.15) is 13.2 Å². The lowest BCUT2D eigenvalue weighted by molar-refractivity contribution is -0.175. The molecule has 0 spiro atoms. The highest BCUT2D eigenvalue weighted by molar-refractivity contribution is 7.22. The highest BCUT2D eigenvalue weighted by Crippen LogP contribution is 2.54. The van der Waals surface area contributed by atoms with Crippen molar-refractivity contribution in [2.75, 3.05) is 10.2 Å². The number of aromatic nitrogens is 1. The number of fused-ring (bicyclic) bond motifs is 1. The first kappa shape index (κ1) is 23.5. The second-order valence-electron chi connectivity index (χ2n) is 10.0. The zero-order chi connectivity index (χ0) is 25.3. The van der Waals surface area contributed by atoms with Crippen molar-refractivity contribution in [1.29, 1.82) is 0 Å². The summed E-state index contributed by atoms with van der Waals surface area (Å²) in [4.78, 5) is 32.7. The Bertz CT molecular complexity index is 1390. The minimum atomic E-state index is -5.09. The second kappa shape index (κ2) is 7.65. The molecule has 1 aliphatic heterocycles. The van der Waals surface area contributed by atoms with Crippen LogP contribution in [0.3, 0.4) is 0 Å². The molecule has 35 heavy (non-hydrogen) atoms. The second-order valence-corrected chi connectivity index (χ2v) is 11.1. The number of hydrogen-bond acceptors (Lipinski definition) is 5.